The molecule has 8 heteroatoms. The summed E-state index contributed by atoms with van der Waals surface area (Å²) in [5, 5.41) is 19.3. The van der Waals surface area contributed by atoms with Gasteiger partial charge in [0.05, 0.1) is 16.2 Å². The Morgan fingerprint density at radius 1 is 1.23 bits per heavy atom. The van der Waals surface area contributed by atoms with Crippen LogP contribution in [0, 0.1) is 0 Å². The van der Waals surface area contributed by atoms with Crippen molar-refractivity contribution >= 4 is 56.5 Å². The third-order valence-electron chi connectivity index (χ3n) is 3.62. The first-order chi connectivity index (χ1) is 12.3. The van der Waals surface area contributed by atoms with E-state index in [1.54, 1.807) is 43.5 Å². The lowest BCUT2D eigenvalue weighted by atomic mass is 10.2. The van der Waals surface area contributed by atoms with Gasteiger partial charge in [-0.1, -0.05) is 15.9 Å². The van der Waals surface area contributed by atoms with Crippen molar-refractivity contribution in [3.8, 4) is 5.75 Å². The number of amides is 1. The highest BCUT2D eigenvalue weighted by atomic mass is 79.9. The first kappa shape index (κ1) is 18.2. The molecule has 2 N–H and O–H groups in total. The summed E-state index contributed by atoms with van der Waals surface area (Å²) in [5.74, 6) is -1.16. The van der Waals surface area contributed by atoms with Crippen LogP contribution in [0.3, 0.4) is 0 Å². The van der Waals surface area contributed by atoms with Crippen LogP contribution in [0.5, 0.6) is 5.75 Å². The van der Waals surface area contributed by atoms with Crippen LogP contribution in [0.4, 0.5) is 5.69 Å². The highest BCUT2D eigenvalue weighted by Gasteiger charge is 2.30. The minimum atomic E-state index is -1.01. The SMILES string of the molecule is CN1C(=O)/C(=C\c2cc(Br)ccc2O)SC1=Nc1ccc(C(=O)O)cc1. The molecule has 6 nitrogen and oxygen atoms in total. The second-order valence-corrected chi connectivity index (χ2v) is 7.35. The van der Waals surface area contributed by atoms with Crippen molar-refractivity contribution in [1.29, 1.82) is 0 Å². The zero-order valence-electron chi connectivity index (χ0n) is 13.5. The molecule has 1 amide bonds. The second kappa shape index (κ2) is 7.35. The number of thioether (sulfide) groups is 1. The number of hydrogen-bond donors (Lipinski definition) is 2. The number of aliphatic imine (C=N–C) groups is 1. The highest BCUT2D eigenvalue weighted by Crippen LogP contribution is 2.35. The maximum absolute atomic E-state index is 12.4. The lowest BCUT2D eigenvalue weighted by Crippen LogP contribution is -2.23. The quantitative estimate of drug-likeness (QED) is 0.712. The van der Waals surface area contributed by atoms with Crippen LogP contribution in [-0.2, 0) is 4.79 Å². The molecule has 0 bridgehead atoms. The van der Waals surface area contributed by atoms with Crippen LogP contribution in [0.1, 0.15) is 15.9 Å². The normalized spacial score (nSPS) is 17.3. The van der Waals surface area contributed by atoms with E-state index in [4.69, 9.17) is 5.11 Å². The lowest BCUT2D eigenvalue weighted by Gasteiger charge is -2.07. The third-order valence-corrected chi connectivity index (χ3v) is 5.17. The topological polar surface area (TPSA) is 90.2 Å². The van der Waals surface area contributed by atoms with Crippen molar-refractivity contribution in [2.24, 2.45) is 4.99 Å². The second-order valence-electron chi connectivity index (χ2n) is 5.42. The summed E-state index contributed by atoms with van der Waals surface area (Å²) < 4.78 is 0.790. The summed E-state index contributed by atoms with van der Waals surface area (Å²) in [4.78, 5) is 29.6. The first-order valence-corrected chi connectivity index (χ1v) is 9.04. The molecule has 2 aromatic rings. The number of halogens is 1. The molecule has 0 unspecified atom stereocenters. The van der Waals surface area contributed by atoms with Crippen LogP contribution >= 0.6 is 27.7 Å². The molecule has 3 rings (SSSR count). The Labute approximate surface area is 162 Å². The number of carboxylic acid groups (broad SMARTS) is 1. The molecule has 0 radical (unpaired) electrons. The molecule has 132 valence electrons. The molecule has 0 saturated carbocycles. The molecular formula is C18H13BrN2O4S. The molecule has 0 aromatic heterocycles. The summed E-state index contributed by atoms with van der Waals surface area (Å²) in [6.45, 7) is 0. The number of nitrogens with zero attached hydrogens (tertiary/aromatic N) is 2. The number of aromatic hydroxyl groups is 1. The molecule has 1 fully saturated rings. The largest absolute Gasteiger partial charge is 0.507 e. The molecule has 1 saturated heterocycles. The van der Waals surface area contributed by atoms with E-state index in [1.165, 1.54) is 28.8 Å². The Hall–Kier alpha value is -2.58. The van der Waals surface area contributed by atoms with E-state index < -0.39 is 5.97 Å². The number of carbonyl (C=O) groups excluding carboxylic acids is 1. The molecule has 2 aromatic carbocycles. The van der Waals surface area contributed by atoms with E-state index in [0.29, 0.717) is 21.3 Å². The number of carbonyl (C=O) groups is 2. The molecular weight excluding hydrogens is 420 g/mol. The Kier molecular flexibility index (Phi) is 5.15. The van der Waals surface area contributed by atoms with Gasteiger partial charge in [-0.25, -0.2) is 9.79 Å². The zero-order valence-corrected chi connectivity index (χ0v) is 15.9. The number of benzene rings is 2. The molecule has 1 heterocycles. The van der Waals surface area contributed by atoms with Gasteiger partial charge in [-0.15, -0.1) is 0 Å². The maximum Gasteiger partial charge on any atom is 0.335 e. The smallest absolute Gasteiger partial charge is 0.335 e. The van der Waals surface area contributed by atoms with Crippen molar-refractivity contribution < 1.29 is 19.8 Å². The average Bonchev–Trinajstić information content (AvgIpc) is 2.86. The van der Waals surface area contributed by atoms with E-state index in [-0.39, 0.29) is 17.2 Å². The van der Waals surface area contributed by atoms with Gasteiger partial charge in [0.1, 0.15) is 5.75 Å². The predicted octanol–water partition coefficient (Wildman–Crippen LogP) is 4.09. The number of rotatable bonds is 3. The Morgan fingerprint density at radius 2 is 1.92 bits per heavy atom. The number of phenolic OH excluding ortho intramolecular Hbond substituents is 1. The van der Waals surface area contributed by atoms with Gasteiger partial charge < -0.3 is 10.2 Å². The van der Waals surface area contributed by atoms with Crippen molar-refractivity contribution in [3.05, 3.63) is 63.0 Å². The van der Waals surface area contributed by atoms with E-state index in [0.717, 1.165) is 4.47 Å². The summed E-state index contributed by atoms with van der Waals surface area (Å²) in [5.41, 5.74) is 1.24. The fraction of sp³-hybridized carbons (Fsp3) is 0.0556. The average molecular weight is 433 g/mol. The number of carboxylic acids is 1. The van der Waals surface area contributed by atoms with Gasteiger partial charge >= 0.3 is 5.97 Å². The van der Waals surface area contributed by atoms with E-state index in [2.05, 4.69) is 20.9 Å². The van der Waals surface area contributed by atoms with E-state index in [1.807, 2.05) is 0 Å². The number of aromatic carboxylic acids is 1. The fourth-order valence-electron chi connectivity index (χ4n) is 2.22. The van der Waals surface area contributed by atoms with Gasteiger partial charge in [0.15, 0.2) is 5.17 Å². The third kappa shape index (κ3) is 3.81. The van der Waals surface area contributed by atoms with E-state index >= 15 is 0 Å². The Balaban J connectivity index is 1.89. The van der Waals surface area contributed by atoms with Crippen molar-refractivity contribution in [2.45, 2.75) is 0 Å². The van der Waals surface area contributed by atoms with Crippen molar-refractivity contribution in [3.63, 3.8) is 0 Å². The van der Waals surface area contributed by atoms with E-state index in [9.17, 15) is 14.7 Å². The van der Waals surface area contributed by atoms with Gasteiger partial charge in [-0.05, 0) is 60.3 Å². The van der Waals surface area contributed by atoms with Crippen LogP contribution < -0.4 is 0 Å². The molecule has 0 spiro atoms. The minimum absolute atomic E-state index is 0.0754. The van der Waals surface area contributed by atoms with Gasteiger partial charge in [0.2, 0.25) is 0 Å². The lowest BCUT2D eigenvalue weighted by molar-refractivity contribution is -0.121. The van der Waals surface area contributed by atoms with Gasteiger partial charge in [-0.2, -0.15) is 0 Å². The van der Waals surface area contributed by atoms with Gasteiger partial charge in [0, 0.05) is 17.1 Å². The fourth-order valence-corrected chi connectivity index (χ4v) is 3.58. The van der Waals surface area contributed by atoms with Gasteiger partial charge in [0.25, 0.3) is 5.91 Å². The molecule has 26 heavy (non-hydrogen) atoms. The minimum Gasteiger partial charge on any atom is -0.507 e. The molecule has 0 atom stereocenters. The van der Waals surface area contributed by atoms with Crippen LogP contribution in [0.15, 0.2) is 56.8 Å². The van der Waals surface area contributed by atoms with Crippen LogP contribution in [0.2, 0.25) is 0 Å². The molecule has 1 aliphatic heterocycles. The Morgan fingerprint density at radius 3 is 2.58 bits per heavy atom. The summed E-state index contributed by atoms with van der Waals surface area (Å²) >= 11 is 4.52. The standard InChI is InChI=1S/C18H13BrN2O4S/c1-21-16(23)15(9-11-8-12(19)4-7-14(11)22)26-18(21)20-13-5-2-10(3-6-13)17(24)25/h2-9,22H,1H3,(H,24,25)/b15-9+,20-18?. The van der Waals surface area contributed by atoms with Crippen LogP contribution in [-0.4, -0.2) is 39.2 Å². The Bertz CT molecular complexity index is 954. The summed E-state index contributed by atoms with van der Waals surface area (Å²) in [6.07, 6.45) is 1.61. The summed E-state index contributed by atoms with van der Waals surface area (Å²) in [6, 6.07) is 11.0. The highest BCUT2D eigenvalue weighted by molar-refractivity contribution is 9.10. The number of phenols is 1. The monoisotopic (exact) mass is 432 g/mol. The number of likely N-dealkylation sites (N-methyl/N-ethyl adjacent to an activating group) is 1. The van der Waals surface area contributed by atoms with Gasteiger partial charge in [-0.3, -0.25) is 9.69 Å². The zero-order chi connectivity index (χ0) is 18.8. The number of amidine groups is 1. The van der Waals surface area contributed by atoms with Crippen molar-refractivity contribution in [2.75, 3.05) is 7.05 Å². The van der Waals surface area contributed by atoms with Crippen molar-refractivity contribution in [1.82, 2.24) is 4.90 Å². The predicted molar refractivity (Wildman–Crippen MR) is 105 cm³/mol. The maximum atomic E-state index is 12.4. The molecule has 1 aliphatic rings. The summed E-state index contributed by atoms with van der Waals surface area (Å²) in [7, 11) is 1.61. The first-order valence-electron chi connectivity index (χ1n) is 7.43. The van der Waals surface area contributed by atoms with Crippen LogP contribution in [0.25, 0.3) is 6.08 Å². The number of hydrogen-bond acceptors (Lipinski definition) is 5. The molecule has 0 aliphatic carbocycles.